The van der Waals surface area contributed by atoms with Gasteiger partial charge in [0.15, 0.2) is 0 Å². The summed E-state index contributed by atoms with van der Waals surface area (Å²) in [7, 11) is 0. The van der Waals surface area contributed by atoms with Gasteiger partial charge in [-0.25, -0.2) is 0 Å². The van der Waals surface area contributed by atoms with E-state index in [1.807, 2.05) is 30.0 Å². The standard InChI is InChI=1S/C12H18N2O2/c1-8-2-3-10(9(4-8)5-13)14-6-11(15)12(16)7-14/h2-4,11-12,15-16H,5-7,13H2,1H3. The smallest absolute Gasteiger partial charge is 0.0990 e. The number of hydrogen-bond donors (Lipinski definition) is 3. The first-order valence-electron chi connectivity index (χ1n) is 5.52. The van der Waals surface area contributed by atoms with Crippen LogP contribution in [0.5, 0.6) is 0 Å². The van der Waals surface area contributed by atoms with Crippen LogP contribution in [0, 0.1) is 6.92 Å². The third kappa shape index (κ3) is 2.04. The quantitative estimate of drug-likeness (QED) is 0.658. The average Bonchev–Trinajstić information content (AvgIpc) is 2.59. The largest absolute Gasteiger partial charge is 0.389 e. The number of nitrogens with two attached hydrogens (primary N) is 1. The number of β-amino-alcohol motifs (C(OH)–C–C–N with tert-alkyl or cyclic N) is 2. The van der Waals surface area contributed by atoms with E-state index >= 15 is 0 Å². The van der Waals surface area contributed by atoms with Crippen LogP contribution in [0.3, 0.4) is 0 Å². The number of benzene rings is 1. The highest BCUT2D eigenvalue weighted by molar-refractivity contribution is 5.56. The third-order valence-electron chi connectivity index (χ3n) is 3.05. The lowest BCUT2D eigenvalue weighted by molar-refractivity contribution is 0.0572. The number of aryl methyl sites for hydroxylation is 1. The number of hydrogen-bond acceptors (Lipinski definition) is 4. The Morgan fingerprint density at radius 3 is 2.50 bits per heavy atom. The highest BCUT2D eigenvalue weighted by atomic mass is 16.3. The molecule has 0 spiro atoms. The van der Waals surface area contributed by atoms with Crippen LogP contribution in [-0.4, -0.2) is 35.5 Å². The molecule has 1 aliphatic rings. The summed E-state index contributed by atoms with van der Waals surface area (Å²) in [5.41, 5.74) is 8.95. The molecule has 1 aromatic carbocycles. The van der Waals surface area contributed by atoms with Crippen molar-refractivity contribution in [3.05, 3.63) is 29.3 Å². The van der Waals surface area contributed by atoms with Gasteiger partial charge < -0.3 is 20.8 Å². The zero-order valence-corrected chi connectivity index (χ0v) is 9.43. The van der Waals surface area contributed by atoms with Crippen LogP contribution in [0.4, 0.5) is 5.69 Å². The number of aliphatic hydroxyl groups excluding tert-OH is 2. The summed E-state index contributed by atoms with van der Waals surface area (Å²) >= 11 is 0. The highest BCUT2D eigenvalue weighted by Gasteiger charge is 2.30. The SMILES string of the molecule is Cc1ccc(N2CC(O)C(O)C2)c(CN)c1. The Hall–Kier alpha value is -1.10. The Labute approximate surface area is 95.3 Å². The molecule has 0 amide bonds. The first kappa shape index (κ1) is 11.4. The van der Waals surface area contributed by atoms with Gasteiger partial charge in [0.1, 0.15) is 0 Å². The fourth-order valence-electron chi connectivity index (χ4n) is 2.15. The number of rotatable bonds is 2. The van der Waals surface area contributed by atoms with E-state index in [0.717, 1.165) is 11.3 Å². The lowest BCUT2D eigenvalue weighted by Crippen LogP contribution is -2.23. The Bertz CT molecular complexity index is 371. The van der Waals surface area contributed by atoms with Crippen molar-refractivity contribution >= 4 is 5.69 Å². The molecule has 1 saturated heterocycles. The summed E-state index contributed by atoms with van der Waals surface area (Å²) < 4.78 is 0. The molecule has 16 heavy (non-hydrogen) atoms. The topological polar surface area (TPSA) is 69.7 Å². The van der Waals surface area contributed by atoms with Crippen LogP contribution in [0.2, 0.25) is 0 Å². The Balaban J connectivity index is 2.27. The van der Waals surface area contributed by atoms with E-state index in [1.165, 1.54) is 5.56 Å². The van der Waals surface area contributed by atoms with Crippen molar-refractivity contribution in [2.45, 2.75) is 25.7 Å². The molecule has 0 aromatic heterocycles. The summed E-state index contributed by atoms with van der Waals surface area (Å²) in [5.74, 6) is 0. The van der Waals surface area contributed by atoms with E-state index in [2.05, 4.69) is 0 Å². The zero-order valence-electron chi connectivity index (χ0n) is 9.43. The van der Waals surface area contributed by atoms with Crippen LogP contribution < -0.4 is 10.6 Å². The Kier molecular flexibility index (Phi) is 3.14. The summed E-state index contributed by atoms with van der Waals surface area (Å²) in [6.45, 7) is 3.44. The van der Waals surface area contributed by atoms with Crippen molar-refractivity contribution in [1.82, 2.24) is 0 Å². The molecule has 1 aromatic rings. The first-order valence-corrected chi connectivity index (χ1v) is 5.52. The van der Waals surface area contributed by atoms with Crippen LogP contribution in [-0.2, 0) is 6.54 Å². The zero-order chi connectivity index (χ0) is 11.7. The second kappa shape index (κ2) is 4.41. The number of aliphatic hydroxyl groups is 2. The van der Waals surface area contributed by atoms with E-state index in [9.17, 15) is 10.2 Å². The molecule has 1 heterocycles. The minimum absolute atomic E-state index is 0.469. The minimum Gasteiger partial charge on any atom is -0.389 e. The third-order valence-corrected chi connectivity index (χ3v) is 3.05. The fourth-order valence-corrected chi connectivity index (χ4v) is 2.15. The maximum atomic E-state index is 9.52. The van der Waals surface area contributed by atoms with Crippen LogP contribution >= 0.6 is 0 Å². The van der Waals surface area contributed by atoms with Crippen LogP contribution in [0.15, 0.2) is 18.2 Å². The molecule has 1 fully saturated rings. The van der Waals surface area contributed by atoms with E-state index in [-0.39, 0.29) is 0 Å². The minimum atomic E-state index is -0.660. The fraction of sp³-hybridized carbons (Fsp3) is 0.500. The molecule has 0 saturated carbocycles. The maximum Gasteiger partial charge on any atom is 0.0990 e. The van der Waals surface area contributed by atoms with E-state index in [0.29, 0.717) is 19.6 Å². The van der Waals surface area contributed by atoms with Crippen molar-refractivity contribution in [3.8, 4) is 0 Å². The number of nitrogens with zero attached hydrogens (tertiary/aromatic N) is 1. The molecular weight excluding hydrogens is 204 g/mol. The van der Waals surface area contributed by atoms with E-state index < -0.39 is 12.2 Å². The van der Waals surface area contributed by atoms with Gasteiger partial charge in [0.25, 0.3) is 0 Å². The molecule has 2 rings (SSSR count). The van der Waals surface area contributed by atoms with Gasteiger partial charge in [0, 0.05) is 25.3 Å². The monoisotopic (exact) mass is 222 g/mol. The van der Waals surface area contributed by atoms with Crippen LogP contribution in [0.1, 0.15) is 11.1 Å². The Morgan fingerprint density at radius 1 is 1.31 bits per heavy atom. The summed E-state index contributed by atoms with van der Waals surface area (Å²) in [4.78, 5) is 1.98. The van der Waals surface area contributed by atoms with E-state index in [1.54, 1.807) is 0 Å². The van der Waals surface area contributed by atoms with Gasteiger partial charge >= 0.3 is 0 Å². The van der Waals surface area contributed by atoms with Crippen LogP contribution in [0.25, 0.3) is 0 Å². The molecule has 4 nitrogen and oxygen atoms in total. The Morgan fingerprint density at radius 2 is 1.94 bits per heavy atom. The molecule has 2 atom stereocenters. The van der Waals surface area contributed by atoms with Crippen molar-refractivity contribution in [2.24, 2.45) is 5.73 Å². The summed E-state index contributed by atoms with van der Waals surface area (Å²) in [6.07, 6.45) is -1.32. The molecule has 4 heteroatoms. The van der Waals surface area contributed by atoms with E-state index in [4.69, 9.17) is 5.73 Å². The normalized spacial score (nSPS) is 25.1. The average molecular weight is 222 g/mol. The second-order valence-electron chi connectivity index (χ2n) is 4.38. The predicted molar refractivity (Wildman–Crippen MR) is 63.3 cm³/mol. The highest BCUT2D eigenvalue weighted by Crippen LogP contribution is 2.25. The van der Waals surface area contributed by atoms with Gasteiger partial charge in [0.05, 0.1) is 12.2 Å². The molecular formula is C12H18N2O2. The van der Waals surface area contributed by atoms with Gasteiger partial charge in [0.2, 0.25) is 0 Å². The number of anilines is 1. The maximum absolute atomic E-state index is 9.52. The van der Waals surface area contributed by atoms with Gasteiger partial charge in [-0.05, 0) is 18.6 Å². The van der Waals surface area contributed by atoms with Gasteiger partial charge in [-0.2, -0.15) is 0 Å². The van der Waals surface area contributed by atoms with Crippen molar-refractivity contribution < 1.29 is 10.2 Å². The summed E-state index contributed by atoms with van der Waals surface area (Å²) in [6, 6.07) is 6.07. The second-order valence-corrected chi connectivity index (χ2v) is 4.38. The molecule has 0 bridgehead atoms. The van der Waals surface area contributed by atoms with Gasteiger partial charge in [-0.3, -0.25) is 0 Å². The van der Waals surface area contributed by atoms with Crippen molar-refractivity contribution in [3.63, 3.8) is 0 Å². The van der Waals surface area contributed by atoms with Gasteiger partial charge in [-0.1, -0.05) is 17.7 Å². The lowest BCUT2D eigenvalue weighted by atomic mass is 10.1. The van der Waals surface area contributed by atoms with Crippen molar-refractivity contribution in [2.75, 3.05) is 18.0 Å². The molecule has 4 N–H and O–H groups in total. The predicted octanol–water partition coefficient (Wildman–Crippen LogP) is -0.00448. The van der Waals surface area contributed by atoms with Gasteiger partial charge in [-0.15, -0.1) is 0 Å². The molecule has 1 aliphatic heterocycles. The lowest BCUT2D eigenvalue weighted by Gasteiger charge is -2.21. The molecule has 0 radical (unpaired) electrons. The molecule has 0 aliphatic carbocycles. The summed E-state index contributed by atoms with van der Waals surface area (Å²) in [5, 5.41) is 19.0. The molecule has 2 unspecified atom stereocenters. The van der Waals surface area contributed by atoms with Crippen molar-refractivity contribution in [1.29, 1.82) is 0 Å². The first-order chi connectivity index (χ1) is 7.61. The molecule has 88 valence electrons.